The molecule has 3 nitrogen and oxygen atoms in total. The molecule has 0 radical (unpaired) electrons. The second-order valence-electron chi connectivity index (χ2n) is 4.29. The van der Waals surface area contributed by atoms with Crippen molar-refractivity contribution < 1.29 is 13.2 Å². The molecule has 0 aliphatic heterocycles. The van der Waals surface area contributed by atoms with E-state index in [0.29, 0.717) is 5.69 Å². The lowest BCUT2D eigenvalue weighted by atomic mass is 10.2. The third kappa shape index (κ3) is 3.69. The van der Waals surface area contributed by atoms with Crippen LogP contribution >= 0.6 is 11.8 Å². The molecule has 108 valence electrons. The number of aryl methyl sites for hydroxylation is 1. The van der Waals surface area contributed by atoms with E-state index in [-0.39, 0.29) is 22.7 Å². The van der Waals surface area contributed by atoms with E-state index in [2.05, 4.69) is 10.4 Å². The molecule has 0 aliphatic carbocycles. The minimum absolute atomic E-state index is 0.114. The lowest BCUT2D eigenvalue weighted by Crippen LogP contribution is -2.12. The molecule has 0 amide bonds. The molecule has 7 heteroatoms. The number of hydrogen-bond acceptors (Lipinski definition) is 3. The van der Waals surface area contributed by atoms with Crippen molar-refractivity contribution in [2.24, 2.45) is 7.05 Å². The van der Waals surface area contributed by atoms with Gasteiger partial charge in [0.05, 0.1) is 11.7 Å². The van der Waals surface area contributed by atoms with Gasteiger partial charge in [-0.3, -0.25) is 4.68 Å². The van der Waals surface area contributed by atoms with E-state index >= 15 is 0 Å². The first-order valence-corrected chi connectivity index (χ1v) is 6.77. The average Bonchev–Trinajstić information content (AvgIpc) is 2.76. The first-order chi connectivity index (χ1) is 9.37. The minimum atomic E-state index is -4.30. The van der Waals surface area contributed by atoms with E-state index in [0.717, 1.165) is 5.69 Å². The third-order valence-corrected chi connectivity index (χ3v) is 3.59. The molecular weight excluding hydrogens is 287 g/mol. The summed E-state index contributed by atoms with van der Waals surface area (Å²) in [5, 5.41) is 7.15. The van der Waals surface area contributed by atoms with Gasteiger partial charge in [0.1, 0.15) is 0 Å². The smallest absolute Gasteiger partial charge is 0.376 e. The molecule has 1 heterocycles. The molecule has 0 fully saturated rings. The third-order valence-electron chi connectivity index (χ3n) is 2.79. The zero-order valence-corrected chi connectivity index (χ0v) is 11.8. The summed E-state index contributed by atoms with van der Waals surface area (Å²) in [6.07, 6.45) is 1.66. The van der Waals surface area contributed by atoms with E-state index < -0.39 is 5.51 Å². The molecular formula is C13H14F3N3S. The van der Waals surface area contributed by atoms with Gasteiger partial charge in [-0.15, -0.1) is 0 Å². The Morgan fingerprint density at radius 1 is 1.25 bits per heavy atom. The molecule has 0 bridgehead atoms. The fourth-order valence-corrected chi connectivity index (χ4v) is 2.55. The van der Waals surface area contributed by atoms with Gasteiger partial charge in [0.2, 0.25) is 0 Å². The predicted molar refractivity (Wildman–Crippen MR) is 73.6 cm³/mol. The molecule has 2 rings (SSSR count). The van der Waals surface area contributed by atoms with Crippen molar-refractivity contribution in [2.45, 2.75) is 23.4 Å². The maximum Gasteiger partial charge on any atom is 0.446 e. The molecule has 1 aromatic heterocycles. The Kier molecular flexibility index (Phi) is 4.27. The number of thioether (sulfide) groups is 1. The van der Waals surface area contributed by atoms with Crippen molar-refractivity contribution in [1.82, 2.24) is 9.78 Å². The Morgan fingerprint density at radius 2 is 1.95 bits per heavy atom. The van der Waals surface area contributed by atoms with Crippen LogP contribution in [0.15, 0.2) is 41.4 Å². The van der Waals surface area contributed by atoms with Crippen LogP contribution in [0.2, 0.25) is 0 Å². The summed E-state index contributed by atoms with van der Waals surface area (Å²) < 4.78 is 39.2. The van der Waals surface area contributed by atoms with Crippen LogP contribution in [0.4, 0.5) is 18.9 Å². The van der Waals surface area contributed by atoms with E-state index in [1.54, 1.807) is 36.1 Å². The van der Waals surface area contributed by atoms with Crippen molar-refractivity contribution >= 4 is 17.4 Å². The van der Waals surface area contributed by atoms with Gasteiger partial charge in [-0.1, -0.05) is 12.1 Å². The fourth-order valence-electron chi connectivity index (χ4n) is 1.92. The van der Waals surface area contributed by atoms with Crippen LogP contribution in [0.3, 0.4) is 0 Å². The summed E-state index contributed by atoms with van der Waals surface area (Å²) in [5.41, 5.74) is -2.94. The largest absolute Gasteiger partial charge is 0.446 e. The quantitative estimate of drug-likeness (QED) is 0.858. The van der Waals surface area contributed by atoms with Crippen LogP contribution in [-0.4, -0.2) is 15.3 Å². The molecule has 1 N–H and O–H groups in total. The highest BCUT2D eigenvalue weighted by atomic mass is 32.2. The first kappa shape index (κ1) is 14.8. The number of anilines is 1. The monoisotopic (exact) mass is 301 g/mol. The van der Waals surface area contributed by atoms with Crippen LogP contribution in [-0.2, 0) is 7.05 Å². The molecule has 20 heavy (non-hydrogen) atoms. The Balaban J connectivity index is 2.19. The number of nitrogens with zero attached hydrogens (tertiary/aromatic N) is 2. The van der Waals surface area contributed by atoms with Gasteiger partial charge in [0.15, 0.2) is 0 Å². The number of hydrogen-bond donors (Lipinski definition) is 1. The first-order valence-electron chi connectivity index (χ1n) is 5.96. The maximum atomic E-state index is 12.5. The van der Waals surface area contributed by atoms with Crippen molar-refractivity contribution in [1.29, 1.82) is 0 Å². The molecule has 1 aromatic carbocycles. The van der Waals surface area contributed by atoms with Gasteiger partial charge >= 0.3 is 5.51 Å². The number of benzene rings is 1. The van der Waals surface area contributed by atoms with Gasteiger partial charge in [0.25, 0.3) is 0 Å². The van der Waals surface area contributed by atoms with E-state index in [1.807, 2.05) is 13.0 Å². The highest BCUT2D eigenvalue weighted by molar-refractivity contribution is 8.00. The van der Waals surface area contributed by atoms with Gasteiger partial charge in [-0.25, -0.2) is 0 Å². The summed E-state index contributed by atoms with van der Waals surface area (Å²) in [5.74, 6) is 0. The van der Waals surface area contributed by atoms with E-state index in [9.17, 15) is 13.2 Å². The normalized spacial score (nSPS) is 13.2. The number of rotatable bonds is 4. The van der Waals surface area contributed by atoms with Crippen LogP contribution in [0.25, 0.3) is 0 Å². The Labute approximate surface area is 119 Å². The van der Waals surface area contributed by atoms with Gasteiger partial charge < -0.3 is 5.32 Å². The van der Waals surface area contributed by atoms with Crippen molar-refractivity contribution in [2.75, 3.05) is 5.32 Å². The van der Waals surface area contributed by atoms with Gasteiger partial charge in [-0.05, 0) is 36.9 Å². The number of alkyl halides is 3. The SMILES string of the molecule is CC(Nc1ccccc1SC(F)(F)F)c1ccnn1C. The topological polar surface area (TPSA) is 29.9 Å². The summed E-state index contributed by atoms with van der Waals surface area (Å²) >= 11 is -0.114. The van der Waals surface area contributed by atoms with Crippen LogP contribution in [0.1, 0.15) is 18.7 Å². The zero-order chi connectivity index (χ0) is 14.8. The summed E-state index contributed by atoms with van der Waals surface area (Å²) in [6, 6.07) is 8.08. The molecule has 0 aliphatic rings. The Morgan fingerprint density at radius 3 is 2.55 bits per heavy atom. The Bertz CT molecular complexity index is 580. The van der Waals surface area contributed by atoms with Crippen molar-refractivity contribution in [3.8, 4) is 0 Å². The average molecular weight is 301 g/mol. The highest BCUT2D eigenvalue weighted by Gasteiger charge is 2.30. The molecule has 1 unspecified atom stereocenters. The summed E-state index contributed by atoms with van der Waals surface area (Å²) in [4.78, 5) is 0.161. The van der Waals surface area contributed by atoms with Gasteiger partial charge in [0, 0.05) is 23.8 Å². The molecule has 1 atom stereocenters. The minimum Gasteiger partial charge on any atom is -0.376 e. The molecule has 0 saturated heterocycles. The standard InChI is InChI=1S/C13H14F3N3S/c1-9(11-7-8-17-19(11)2)18-10-5-3-4-6-12(10)20-13(14,15)16/h3-9,18H,1-2H3. The maximum absolute atomic E-state index is 12.5. The van der Waals surface area contributed by atoms with Crippen molar-refractivity contribution in [3.05, 3.63) is 42.2 Å². The number of nitrogens with one attached hydrogen (secondary N) is 1. The van der Waals surface area contributed by atoms with E-state index in [4.69, 9.17) is 0 Å². The van der Waals surface area contributed by atoms with Crippen LogP contribution in [0.5, 0.6) is 0 Å². The molecule has 0 spiro atoms. The predicted octanol–water partition coefficient (Wildman–Crippen LogP) is 4.21. The van der Waals surface area contributed by atoms with E-state index in [1.165, 1.54) is 6.07 Å². The zero-order valence-electron chi connectivity index (χ0n) is 11.0. The lowest BCUT2D eigenvalue weighted by molar-refractivity contribution is -0.0327. The summed E-state index contributed by atoms with van der Waals surface area (Å²) in [6.45, 7) is 1.88. The fraction of sp³-hybridized carbons (Fsp3) is 0.308. The molecule has 2 aromatic rings. The summed E-state index contributed by atoms with van der Waals surface area (Å²) in [7, 11) is 1.80. The number of halogens is 3. The Hall–Kier alpha value is -1.63. The van der Waals surface area contributed by atoms with Crippen LogP contribution < -0.4 is 5.32 Å². The lowest BCUT2D eigenvalue weighted by Gasteiger charge is -2.18. The van der Waals surface area contributed by atoms with Crippen molar-refractivity contribution in [3.63, 3.8) is 0 Å². The highest BCUT2D eigenvalue weighted by Crippen LogP contribution is 2.41. The number of para-hydroxylation sites is 1. The van der Waals surface area contributed by atoms with Crippen LogP contribution in [0, 0.1) is 0 Å². The second-order valence-corrected chi connectivity index (χ2v) is 5.40. The van der Waals surface area contributed by atoms with Gasteiger partial charge in [-0.2, -0.15) is 18.3 Å². The second kappa shape index (κ2) is 5.78. The molecule has 0 saturated carbocycles. The number of aromatic nitrogens is 2.